The maximum Gasteiger partial charge on any atom is 0.137 e. The molecule has 5 atom stereocenters. The normalized spacial score (nSPS) is 18.4. The van der Waals surface area contributed by atoms with Gasteiger partial charge in [0.05, 0.1) is 43.5 Å². The molecule has 0 aromatic heterocycles. The first-order valence-electron chi connectivity index (χ1n) is 22.1. The largest absolute Gasteiger partial charge is 0.489 e. The molecule has 1 fully saturated rings. The van der Waals surface area contributed by atoms with Crippen molar-refractivity contribution in [1.82, 2.24) is 0 Å². The maximum absolute atomic E-state index is 7.24. The van der Waals surface area contributed by atoms with E-state index in [1.807, 2.05) is 103 Å². The Labute approximate surface area is 382 Å². The van der Waals surface area contributed by atoms with E-state index < -0.39 is 18.3 Å². The van der Waals surface area contributed by atoms with Crippen molar-refractivity contribution in [1.29, 1.82) is 0 Å². The molecular weight excluding hydrogens is 815 g/mol. The zero-order valence-electron chi connectivity index (χ0n) is 36.4. The van der Waals surface area contributed by atoms with Crippen LogP contribution in [-0.4, -0.2) is 36.9 Å². The second-order valence-electron chi connectivity index (χ2n) is 16.1. The van der Waals surface area contributed by atoms with Crippen LogP contribution in [0.25, 0.3) is 0 Å². The van der Waals surface area contributed by atoms with Crippen molar-refractivity contribution in [3.05, 3.63) is 238 Å². The summed E-state index contributed by atoms with van der Waals surface area (Å²) < 4.78 is 40.6. The zero-order chi connectivity index (χ0) is 43.8. The lowest BCUT2D eigenvalue weighted by Gasteiger charge is -2.46. The van der Waals surface area contributed by atoms with Gasteiger partial charge >= 0.3 is 0 Å². The molecular formula is C56H57NO6S. The van der Waals surface area contributed by atoms with Gasteiger partial charge in [-0.25, -0.2) is 0 Å². The fourth-order valence-electron chi connectivity index (χ4n) is 8.08. The van der Waals surface area contributed by atoms with Crippen LogP contribution >= 0.6 is 11.8 Å². The van der Waals surface area contributed by atoms with Crippen LogP contribution in [0, 0.1) is 6.92 Å². The number of hydrogen-bond acceptors (Lipinski definition) is 8. The molecule has 2 N–H and O–H groups in total. The van der Waals surface area contributed by atoms with E-state index in [1.165, 1.54) is 5.56 Å². The Morgan fingerprint density at radius 1 is 0.469 bits per heavy atom. The summed E-state index contributed by atoms with van der Waals surface area (Å²) in [6.45, 7) is 4.82. The highest BCUT2D eigenvalue weighted by atomic mass is 32.2. The molecule has 1 aliphatic rings. The molecule has 0 amide bonds. The SMILES string of the molecule is Cc1cc(OCc2ccccc2)c([C@@H]2S[C@H](COCc3ccccc3)[C@@H](OCc3ccccc3)[C@H](OCc3ccccc3)[C@H]2OCc2ccccc2)cc1Cc1ccc(OCN)cc1. The molecule has 0 radical (unpaired) electrons. The van der Waals surface area contributed by atoms with Gasteiger partial charge in [0.2, 0.25) is 0 Å². The molecule has 7 nitrogen and oxygen atoms in total. The van der Waals surface area contributed by atoms with Crippen molar-refractivity contribution < 1.29 is 28.4 Å². The molecule has 0 bridgehead atoms. The minimum atomic E-state index is -0.494. The summed E-state index contributed by atoms with van der Waals surface area (Å²) in [7, 11) is 0. The van der Waals surface area contributed by atoms with Gasteiger partial charge < -0.3 is 28.4 Å². The first kappa shape index (κ1) is 44.9. The first-order chi connectivity index (χ1) is 31.6. The fourth-order valence-corrected chi connectivity index (χ4v) is 9.74. The van der Waals surface area contributed by atoms with E-state index >= 15 is 0 Å². The van der Waals surface area contributed by atoms with Crippen LogP contribution in [0.5, 0.6) is 11.5 Å². The van der Waals surface area contributed by atoms with Crippen molar-refractivity contribution in [2.24, 2.45) is 5.73 Å². The van der Waals surface area contributed by atoms with Crippen molar-refractivity contribution in [3.63, 3.8) is 0 Å². The number of rotatable bonds is 21. The van der Waals surface area contributed by atoms with Gasteiger partial charge in [-0.1, -0.05) is 170 Å². The quantitative estimate of drug-likeness (QED) is 0.0715. The monoisotopic (exact) mass is 871 g/mol. The highest BCUT2D eigenvalue weighted by Crippen LogP contribution is 2.50. The van der Waals surface area contributed by atoms with Crippen molar-refractivity contribution in [2.45, 2.75) is 75.2 Å². The number of ether oxygens (including phenoxy) is 6. The maximum atomic E-state index is 7.24. The van der Waals surface area contributed by atoms with Crippen LogP contribution in [-0.2, 0) is 58.4 Å². The van der Waals surface area contributed by atoms with Gasteiger partial charge in [0.1, 0.15) is 43.1 Å². The van der Waals surface area contributed by atoms with Crippen molar-refractivity contribution >= 4 is 11.8 Å². The minimum Gasteiger partial charge on any atom is -0.489 e. The van der Waals surface area contributed by atoms with E-state index in [0.29, 0.717) is 46.1 Å². The summed E-state index contributed by atoms with van der Waals surface area (Å²) in [5.41, 5.74) is 15.7. The molecule has 7 aromatic rings. The highest BCUT2D eigenvalue weighted by molar-refractivity contribution is 8.00. The molecule has 8 rings (SSSR count). The molecule has 0 spiro atoms. The molecule has 1 heterocycles. The Bertz CT molecular complexity index is 2420. The van der Waals surface area contributed by atoms with E-state index in [0.717, 1.165) is 56.0 Å². The number of nitrogens with two attached hydrogens (primary N) is 1. The van der Waals surface area contributed by atoms with Crippen LogP contribution in [0.3, 0.4) is 0 Å². The van der Waals surface area contributed by atoms with Crippen LogP contribution in [0.2, 0.25) is 0 Å². The third kappa shape index (κ3) is 12.5. The van der Waals surface area contributed by atoms with Gasteiger partial charge in [-0.3, -0.25) is 5.73 Å². The van der Waals surface area contributed by atoms with Crippen LogP contribution in [0.15, 0.2) is 188 Å². The molecule has 328 valence electrons. The van der Waals surface area contributed by atoms with Crippen LogP contribution < -0.4 is 15.2 Å². The third-order valence-corrected chi connectivity index (χ3v) is 13.0. The number of aryl methyl sites for hydroxylation is 1. The summed E-state index contributed by atoms with van der Waals surface area (Å²) in [5, 5.41) is -0.381. The molecule has 64 heavy (non-hydrogen) atoms. The molecule has 0 aliphatic carbocycles. The van der Waals surface area contributed by atoms with E-state index in [4.69, 9.17) is 34.2 Å². The van der Waals surface area contributed by atoms with E-state index in [9.17, 15) is 0 Å². The van der Waals surface area contributed by atoms with Crippen molar-refractivity contribution in [2.75, 3.05) is 13.3 Å². The lowest BCUT2D eigenvalue weighted by atomic mass is 9.91. The Hall–Kier alpha value is -5.71. The number of hydrogen-bond donors (Lipinski definition) is 1. The molecule has 1 aliphatic heterocycles. The van der Waals surface area contributed by atoms with Crippen LogP contribution in [0.1, 0.15) is 55.3 Å². The average molecular weight is 872 g/mol. The van der Waals surface area contributed by atoms with Gasteiger partial charge in [-0.2, -0.15) is 0 Å². The Kier molecular flexibility index (Phi) is 16.3. The lowest BCUT2D eigenvalue weighted by Crippen LogP contribution is -2.54. The molecule has 0 saturated carbocycles. The van der Waals surface area contributed by atoms with E-state index in [1.54, 1.807) is 0 Å². The predicted molar refractivity (Wildman–Crippen MR) is 256 cm³/mol. The smallest absolute Gasteiger partial charge is 0.137 e. The van der Waals surface area contributed by atoms with Gasteiger partial charge in [-0.15, -0.1) is 11.8 Å². The predicted octanol–water partition coefficient (Wildman–Crippen LogP) is 11.6. The summed E-state index contributed by atoms with van der Waals surface area (Å²) in [5.74, 6) is 1.56. The summed E-state index contributed by atoms with van der Waals surface area (Å²) in [6.07, 6.45) is -0.628. The van der Waals surface area contributed by atoms with Crippen molar-refractivity contribution in [3.8, 4) is 11.5 Å². The fraction of sp³-hybridized carbons (Fsp3) is 0.250. The van der Waals surface area contributed by atoms with E-state index in [2.05, 4.69) is 104 Å². The van der Waals surface area contributed by atoms with Gasteiger partial charge in [0, 0.05) is 5.56 Å². The molecule has 7 aromatic carbocycles. The Morgan fingerprint density at radius 3 is 1.45 bits per heavy atom. The second kappa shape index (κ2) is 23.3. The highest BCUT2D eigenvalue weighted by Gasteiger charge is 2.49. The summed E-state index contributed by atoms with van der Waals surface area (Å²) in [6, 6.07) is 64.4. The lowest BCUT2D eigenvalue weighted by molar-refractivity contribution is -0.160. The second-order valence-corrected chi connectivity index (χ2v) is 17.5. The van der Waals surface area contributed by atoms with Gasteiger partial charge in [0.15, 0.2) is 0 Å². The van der Waals surface area contributed by atoms with Gasteiger partial charge in [-0.05, 0) is 76.1 Å². The summed E-state index contributed by atoms with van der Waals surface area (Å²) in [4.78, 5) is 0. The number of thioether (sulfide) groups is 1. The number of benzene rings is 7. The molecule has 0 unspecified atom stereocenters. The summed E-state index contributed by atoms with van der Waals surface area (Å²) >= 11 is 1.83. The third-order valence-electron chi connectivity index (χ3n) is 11.5. The molecule has 8 heteroatoms. The standard InChI is InChI=1S/C56H57NO6S/c1-41-31-51(59-35-44-19-9-3-10-20-44)50(33-48(41)32-42-27-29-49(30-28-42)63-40-57)56-55(62-38-47-25-15-6-16-26-47)54(61-37-46-23-13-5-14-24-46)53(60-36-45-21-11-4-12-22-45)52(64-56)39-58-34-43-17-7-2-8-18-43/h2-31,33,52-56H,32,34-40,57H2,1H3/t52-,53-,54+,55-,56+/m1/s1. The van der Waals surface area contributed by atoms with Crippen LogP contribution in [0.4, 0.5) is 0 Å². The topological polar surface area (TPSA) is 81.4 Å². The minimum absolute atomic E-state index is 0.130. The Morgan fingerprint density at radius 2 is 0.938 bits per heavy atom. The van der Waals surface area contributed by atoms with E-state index in [-0.39, 0.29) is 17.2 Å². The Balaban J connectivity index is 1.22. The van der Waals surface area contributed by atoms with Gasteiger partial charge in [0.25, 0.3) is 0 Å². The first-order valence-corrected chi connectivity index (χ1v) is 23.0. The average Bonchev–Trinajstić information content (AvgIpc) is 3.34. The zero-order valence-corrected chi connectivity index (χ0v) is 37.2. The molecule has 1 saturated heterocycles.